The number of ether oxygens (including phenoxy) is 3. The molecule has 0 unspecified atom stereocenters. The Morgan fingerprint density at radius 3 is 2.54 bits per heavy atom. The van der Waals surface area contributed by atoms with Gasteiger partial charge in [0.1, 0.15) is 5.52 Å². The van der Waals surface area contributed by atoms with Crippen molar-refractivity contribution in [2.45, 2.75) is 26.3 Å². The van der Waals surface area contributed by atoms with Crippen molar-refractivity contribution >= 4 is 22.9 Å². The zero-order chi connectivity index (χ0) is 25.0. The fourth-order valence-corrected chi connectivity index (χ4v) is 3.24. The number of fused-ring (bicyclic) bond motifs is 1. The molecule has 0 aliphatic carbocycles. The van der Waals surface area contributed by atoms with Crippen molar-refractivity contribution in [2.75, 3.05) is 51.9 Å². The Morgan fingerprint density at radius 1 is 1.09 bits per heavy atom. The molecule has 0 saturated carbocycles. The molecule has 0 atom stereocenters. The van der Waals surface area contributed by atoms with Gasteiger partial charge in [-0.3, -0.25) is 9.36 Å². The predicted molar refractivity (Wildman–Crippen MR) is 132 cm³/mol. The van der Waals surface area contributed by atoms with Crippen LogP contribution in [0.4, 0.5) is 5.82 Å². The van der Waals surface area contributed by atoms with Crippen LogP contribution in [0.15, 0.2) is 29.1 Å². The number of aromatic amines is 1. The molecule has 1 aromatic carbocycles. The van der Waals surface area contributed by atoms with E-state index in [1.54, 1.807) is 24.3 Å². The lowest BCUT2D eigenvalue weighted by Gasteiger charge is -2.08. The lowest BCUT2D eigenvalue weighted by atomic mass is 10.1. The summed E-state index contributed by atoms with van der Waals surface area (Å²) in [7, 11) is 0. The van der Waals surface area contributed by atoms with Gasteiger partial charge < -0.3 is 36.0 Å². The molecule has 0 spiro atoms. The summed E-state index contributed by atoms with van der Waals surface area (Å²) in [5.74, 6) is -0.0605. The average molecular weight is 488 g/mol. The molecule has 190 valence electrons. The van der Waals surface area contributed by atoms with Crippen LogP contribution in [0.5, 0.6) is 6.01 Å². The van der Waals surface area contributed by atoms with Crippen LogP contribution in [0, 0.1) is 0 Å². The van der Waals surface area contributed by atoms with Crippen molar-refractivity contribution in [1.82, 2.24) is 24.8 Å². The summed E-state index contributed by atoms with van der Waals surface area (Å²) in [6.45, 7) is 5.42. The lowest BCUT2D eigenvalue weighted by Crippen LogP contribution is -2.27. The zero-order valence-corrected chi connectivity index (χ0v) is 19.9. The number of unbranched alkanes of at least 4 members (excludes halogenated alkanes) is 1. The van der Waals surface area contributed by atoms with Gasteiger partial charge in [0.15, 0.2) is 11.5 Å². The van der Waals surface area contributed by atoms with Crippen LogP contribution in [0.25, 0.3) is 11.2 Å². The third-order valence-corrected chi connectivity index (χ3v) is 5.08. The summed E-state index contributed by atoms with van der Waals surface area (Å²) in [6.07, 6.45) is 1.83. The highest BCUT2D eigenvalue weighted by Crippen LogP contribution is 2.19. The Balaban J connectivity index is 1.58. The van der Waals surface area contributed by atoms with E-state index in [1.165, 1.54) is 4.57 Å². The number of benzene rings is 1. The normalized spacial score (nSPS) is 11.1. The number of carbonyl (C=O) groups is 1. The fourth-order valence-electron chi connectivity index (χ4n) is 3.24. The minimum Gasteiger partial charge on any atom is -0.463 e. The Hall–Kier alpha value is -3.48. The molecule has 3 rings (SSSR count). The number of anilines is 1. The number of amides is 1. The van der Waals surface area contributed by atoms with E-state index in [0.717, 1.165) is 18.4 Å². The van der Waals surface area contributed by atoms with E-state index in [2.05, 4.69) is 27.2 Å². The highest BCUT2D eigenvalue weighted by atomic mass is 16.5. The second-order valence-corrected chi connectivity index (χ2v) is 7.77. The van der Waals surface area contributed by atoms with Gasteiger partial charge in [0.25, 0.3) is 5.91 Å². The van der Waals surface area contributed by atoms with Gasteiger partial charge >= 0.3 is 11.7 Å². The number of rotatable bonds is 15. The minimum absolute atomic E-state index is 0.135. The average Bonchev–Trinajstić information content (AvgIpc) is 3.17. The van der Waals surface area contributed by atoms with Crippen LogP contribution in [0.2, 0.25) is 0 Å². The van der Waals surface area contributed by atoms with Gasteiger partial charge in [0.2, 0.25) is 0 Å². The summed E-state index contributed by atoms with van der Waals surface area (Å²) in [4.78, 5) is 36.1. The highest BCUT2D eigenvalue weighted by Gasteiger charge is 2.15. The van der Waals surface area contributed by atoms with Crippen molar-refractivity contribution < 1.29 is 19.0 Å². The Morgan fingerprint density at radius 2 is 1.83 bits per heavy atom. The first-order valence-corrected chi connectivity index (χ1v) is 11.6. The van der Waals surface area contributed by atoms with Crippen molar-refractivity contribution in [3.63, 3.8) is 0 Å². The van der Waals surface area contributed by atoms with E-state index in [1.807, 2.05) is 0 Å². The maximum Gasteiger partial charge on any atom is 0.328 e. The number of nitrogen functional groups attached to an aromatic ring is 1. The molecule has 0 saturated heterocycles. The molecule has 0 bridgehead atoms. The Bertz CT molecular complexity index is 1140. The Kier molecular flexibility index (Phi) is 10.0. The number of nitrogens with zero attached hydrogens (tertiary/aromatic N) is 3. The van der Waals surface area contributed by atoms with Gasteiger partial charge in [-0.1, -0.05) is 25.5 Å². The third-order valence-electron chi connectivity index (χ3n) is 5.08. The van der Waals surface area contributed by atoms with Gasteiger partial charge in [-0.15, -0.1) is 0 Å². The van der Waals surface area contributed by atoms with Crippen LogP contribution < -0.4 is 27.2 Å². The van der Waals surface area contributed by atoms with E-state index in [4.69, 9.17) is 25.7 Å². The largest absolute Gasteiger partial charge is 0.463 e. The number of hydrogen-bond donors (Lipinski definition) is 4. The molecule has 0 aliphatic heterocycles. The topological polar surface area (TPSA) is 172 Å². The molecule has 2 heterocycles. The predicted octanol–water partition coefficient (Wildman–Crippen LogP) is 0.651. The lowest BCUT2D eigenvalue weighted by molar-refractivity contribution is 0.0511. The summed E-state index contributed by atoms with van der Waals surface area (Å²) in [6, 6.07) is 7.11. The molecular formula is C23H33N7O5. The van der Waals surface area contributed by atoms with Gasteiger partial charge in [-0.05, 0) is 24.1 Å². The van der Waals surface area contributed by atoms with Crippen LogP contribution in [0.1, 0.15) is 35.7 Å². The molecule has 0 radical (unpaired) electrons. The minimum atomic E-state index is -0.359. The van der Waals surface area contributed by atoms with Crippen molar-refractivity contribution in [1.29, 1.82) is 0 Å². The van der Waals surface area contributed by atoms with Gasteiger partial charge in [0.05, 0.1) is 39.6 Å². The number of nitrogens with two attached hydrogens (primary N) is 2. The van der Waals surface area contributed by atoms with E-state index < -0.39 is 0 Å². The molecule has 6 N–H and O–H groups in total. The number of imidazole rings is 1. The summed E-state index contributed by atoms with van der Waals surface area (Å²) >= 11 is 0. The number of hydrogen-bond acceptors (Lipinski definition) is 9. The monoisotopic (exact) mass is 487 g/mol. The fraction of sp³-hybridized carbons (Fsp3) is 0.478. The maximum absolute atomic E-state index is 12.5. The molecule has 2 aromatic heterocycles. The van der Waals surface area contributed by atoms with Gasteiger partial charge in [-0.2, -0.15) is 9.97 Å². The van der Waals surface area contributed by atoms with Crippen molar-refractivity contribution in [2.24, 2.45) is 5.73 Å². The third kappa shape index (κ3) is 7.50. The SMILES string of the molecule is CCCCOc1nc(N)c2[nH]c(=O)n(Cc3ccc(C(=O)NCCOCCOCCN)cc3)c2n1. The second kappa shape index (κ2) is 13.4. The van der Waals surface area contributed by atoms with Crippen LogP contribution in [-0.2, 0) is 16.0 Å². The summed E-state index contributed by atoms with van der Waals surface area (Å²) < 4.78 is 17.6. The molecule has 12 heteroatoms. The maximum atomic E-state index is 12.5. The molecule has 3 aromatic rings. The molecule has 12 nitrogen and oxygen atoms in total. The summed E-state index contributed by atoms with van der Waals surface area (Å²) in [5, 5.41) is 2.80. The number of carbonyl (C=O) groups excluding carboxylic acids is 1. The molecule has 0 aliphatic rings. The first-order valence-electron chi connectivity index (χ1n) is 11.6. The first-order chi connectivity index (χ1) is 17.0. The van der Waals surface area contributed by atoms with E-state index in [9.17, 15) is 9.59 Å². The smallest absolute Gasteiger partial charge is 0.328 e. The van der Waals surface area contributed by atoms with Crippen molar-refractivity contribution in [3.8, 4) is 6.01 Å². The van der Waals surface area contributed by atoms with Crippen LogP contribution in [-0.4, -0.2) is 71.6 Å². The number of nitrogens with one attached hydrogen (secondary N) is 2. The molecule has 0 fully saturated rings. The van der Waals surface area contributed by atoms with E-state index in [-0.39, 0.29) is 30.0 Å². The van der Waals surface area contributed by atoms with Crippen molar-refractivity contribution in [3.05, 3.63) is 45.9 Å². The standard InChI is InChI=1S/C23H33N7O5/c1-2-3-10-35-22-28-19(25)18-20(29-22)30(23(32)27-18)15-16-4-6-17(7-5-16)21(31)26-9-12-34-14-13-33-11-8-24/h4-7H,2-3,8-15,24H2,1H3,(H,26,31)(H,27,32)(H2,25,28,29). The van der Waals surface area contributed by atoms with Crippen LogP contribution in [0.3, 0.4) is 0 Å². The molecular weight excluding hydrogens is 454 g/mol. The molecule has 1 amide bonds. The zero-order valence-electron chi connectivity index (χ0n) is 19.9. The van der Waals surface area contributed by atoms with E-state index >= 15 is 0 Å². The molecule has 35 heavy (non-hydrogen) atoms. The quantitative estimate of drug-likeness (QED) is 0.225. The highest BCUT2D eigenvalue weighted by molar-refractivity contribution is 5.94. The number of H-pyrrole nitrogens is 1. The number of aromatic nitrogens is 4. The summed E-state index contributed by atoms with van der Waals surface area (Å²) in [5.41, 5.74) is 13.0. The Labute approximate surface area is 203 Å². The van der Waals surface area contributed by atoms with Crippen LogP contribution >= 0.6 is 0 Å². The second-order valence-electron chi connectivity index (χ2n) is 7.77. The van der Waals surface area contributed by atoms with E-state index in [0.29, 0.717) is 62.9 Å². The first kappa shape index (κ1) is 26.1. The van der Waals surface area contributed by atoms with Gasteiger partial charge in [0, 0.05) is 18.7 Å². The van der Waals surface area contributed by atoms with Gasteiger partial charge in [-0.25, -0.2) is 4.79 Å².